The number of nitrogens with zero attached hydrogens (tertiary/aromatic N) is 3. The van der Waals surface area contributed by atoms with Crippen LogP contribution >= 0.6 is 0 Å². The van der Waals surface area contributed by atoms with Crippen LogP contribution in [-0.4, -0.2) is 33.6 Å². The number of aromatic nitrogens is 2. The Balaban J connectivity index is 2.23. The lowest BCUT2D eigenvalue weighted by atomic mass is 9.89. The number of anilines is 1. The summed E-state index contributed by atoms with van der Waals surface area (Å²) in [5.41, 5.74) is 0.951. The molecule has 1 fully saturated rings. The molecular weight excluding hydrogens is 242 g/mol. The molecule has 1 N–H and O–H groups in total. The van der Waals surface area contributed by atoms with Gasteiger partial charge in [-0.15, -0.1) is 0 Å². The van der Waals surface area contributed by atoms with E-state index in [0.717, 1.165) is 37.3 Å². The van der Waals surface area contributed by atoms with Crippen molar-refractivity contribution < 1.29 is 9.90 Å². The number of hydrogen-bond acceptors (Lipinski definition) is 4. The van der Waals surface area contributed by atoms with Crippen LogP contribution in [0.3, 0.4) is 0 Å². The average molecular weight is 263 g/mol. The van der Waals surface area contributed by atoms with Crippen LogP contribution in [-0.2, 0) is 11.2 Å². The minimum atomic E-state index is -0.755. The summed E-state index contributed by atoms with van der Waals surface area (Å²) in [5, 5.41) is 9.42. The molecule has 5 nitrogen and oxygen atoms in total. The molecular formula is C14H21N3O2. The molecule has 0 amide bonds. The normalized spacial score (nSPS) is 23.4. The summed E-state index contributed by atoms with van der Waals surface area (Å²) in [5.74, 6) is 0.494. The van der Waals surface area contributed by atoms with Crippen LogP contribution in [0.1, 0.15) is 38.8 Å². The summed E-state index contributed by atoms with van der Waals surface area (Å²) in [7, 11) is 0. The van der Waals surface area contributed by atoms with E-state index in [0.29, 0.717) is 12.3 Å². The van der Waals surface area contributed by atoms with Gasteiger partial charge in [0.2, 0.25) is 0 Å². The molecule has 1 aliphatic heterocycles. The molecule has 1 aromatic rings. The lowest BCUT2D eigenvalue weighted by Gasteiger charge is -2.37. The highest BCUT2D eigenvalue weighted by Crippen LogP contribution is 2.29. The van der Waals surface area contributed by atoms with Crippen molar-refractivity contribution in [2.75, 3.05) is 11.4 Å². The molecule has 0 spiro atoms. The van der Waals surface area contributed by atoms with Crippen LogP contribution in [0.15, 0.2) is 12.4 Å². The first-order valence-corrected chi connectivity index (χ1v) is 6.96. The number of aryl methyl sites for hydroxylation is 1. The van der Waals surface area contributed by atoms with Gasteiger partial charge in [-0.05, 0) is 25.2 Å². The number of aliphatic carboxylic acids is 1. The van der Waals surface area contributed by atoms with Gasteiger partial charge >= 0.3 is 5.97 Å². The molecule has 0 aromatic carbocycles. The Bertz CT molecular complexity index is 450. The maximum atomic E-state index is 11.5. The third kappa shape index (κ3) is 3.03. The number of carbonyl (C=O) groups is 1. The lowest BCUT2D eigenvalue weighted by molar-refractivity contribution is -0.139. The molecule has 0 bridgehead atoms. The zero-order valence-electron chi connectivity index (χ0n) is 11.5. The van der Waals surface area contributed by atoms with Crippen molar-refractivity contribution in [2.45, 2.75) is 45.6 Å². The SMILES string of the molecule is CCc1cc(N2CCC(CC)CC2C(=O)O)ncn1. The Hall–Kier alpha value is -1.65. The molecule has 2 atom stereocenters. The standard InChI is InChI=1S/C14H21N3O2/c1-3-10-5-6-17(12(7-10)14(18)19)13-8-11(4-2)15-9-16-13/h8-10,12H,3-7H2,1-2H3,(H,18,19). The van der Waals surface area contributed by atoms with E-state index in [1.54, 1.807) is 0 Å². The topological polar surface area (TPSA) is 66.3 Å². The third-order valence-corrected chi connectivity index (χ3v) is 3.94. The summed E-state index contributed by atoms with van der Waals surface area (Å²) < 4.78 is 0. The van der Waals surface area contributed by atoms with Gasteiger partial charge in [0, 0.05) is 18.3 Å². The van der Waals surface area contributed by atoms with E-state index in [4.69, 9.17) is 0 Å². The van der Waals surface area contributed by atoms with E-state index >= 15 is 0 Å². The molecule has 5 heteroatoms. The smallest absolute Gasteiger partial charge is 0.326 e. The van der Waals surface area contributed by atoms with E-state index in [-0.39, 0.29) is 0 Å². The van der Waals surface area contributed by atoms with Gasteiger partial charge in [-0.2, -0.15) is 0 Å². The van der Waals surface area contributed by atoms with Crippen LogP contribution in [0.4, 0.5) is 5.82 Å². The van der Waals surface area contributed by atoms with E-state index in [1.807, 2.05) is 17.9 Å². The van der Waals surface area contributed by atoms with Crippen LogP contribution in [0, 0.1) is 5.92 Å². The largest absolute Gasteiger partial charge is 0.480 e. The molecule has 1 saturated heterocycles. The Morgan fingerprint density at radius 1 is 1.47 bits per heavy atom. The number of rotatable bonds is 4. The second-order valence-electron chi connectivity index (χ2n) is 5.07. The van der Waals surface area contributed by atoms with E-state index < -0.39 is 12.0 Å². The van der Waals surface area contributed by atoms with Gasteiger partial charge < -0.3 is 10.0 Å². The van der Waals surface area contributed by atoms with Gasteiger partial charge in [0.1, 0.15) is 18.2 Å². The van der Waals surface area contributed by atoms with Crippen LogP contribution in [0.2, 0.25) is 0 Å². The second-order valence-corrected chi connectivity index (χ2v) is 5.07. The first-order chi connectivity index (χ1) is 9.15. The van der Waals surface area contributed by atoms with Crippen molar-refractivity contribution in [3.63, 3.8) is 0 Å². The quantitative estimate of drug-likeness (QED) is 0.901. The molecule has 104 valence electrons. The van der Waals surface area contributed by atoms with Crippen molar-refractivity contribution in [1.82, 2.24) is 9.97 Å². The average Bonchev–Trinajstić information content (AvgIpc) is 2.46. The van der Waals surface area contributed by atoms with Crippen molar-refractivity contribution in [3.8, 4) is 0 Å². The first kappa shape index (κ1) is 13.8. The monoisotopic (exact) mass is 263 g/mol. The van der Waals surface area contributed by atoms with Crippen LogP contribution in [0.25, 0.3) is 0 Å². The molecule has 1 aliphatic rings. The Morgan fingerprint density at radius 2 is 2.26 bits per heavy atom. The zero-order valence-corrected chi connectivity index (χ0v) is 11.5. The number of carboxylic acid groups (broad SMARTS) is 1. The number of hydrogen-bond donors (Lipinski definition) is 1. The molecule has 0 aliphatic carbocycles. The summed E-state index contributed by atoms with van der Waals surface area (Å²) in [6, 6.07) is 1.45. The second kappa shape index (κ2) is 5.99. The highest BCUT2D eigenvalue weighted by Gasteiger charge is 2.33. The number of carboxylic acids is 1. The Kier molecular flexibility index (Phi) is 4.35. The van der Waals surface area contributed by atoms with Crippen molar-refractivity contribution in [2.24, 2.45) is 5.92 Å². The maximum Gasteiger partial charge on any atom is 0.326 e. The fraction of sp³-hybridized carbons (Fsp3) is 0.643. The third-order valence-electron chi connectivity index (χ3n) is 3.94. The van der Waals surface area contributed by atoms with Crippen molar-refractivity contribution in [1.29, 1.82) is 0 Å². The molecule has 1 aromatic heterocycles. The summed E-state index contributed by atoms with van der Waals surface area (Å²) in [6.07, 6.45) is 5.14. The molecule has 0 saturated carbocycles. The van der Waals surface area contributed by atoms with Gasteiger partial charge in [0.15, 0.2) is 0 Å². The van der Waals surface area contributed by atoms with Gasteiger partial charge in [-0.25, -0.2) is 14.8 Å². The van der Waals surface area contributed by atoms with Crippen LogP contribution < -0.4 is 4.90 Å². The van der Waals surface area contributed by atoms with Gasteiger partial charge in [0.05, 0.1) is 0 Å². The lowest BCUT2D eigenvalue weighted by Crippen LogP contribution is -2.47. The molecule has 2 unspecified atom stereocenters. The summed E-state index contributed by atoms with van der Waals surface area (Å²) in [6.45, 7) is 4.92. The minimum absolute atomic E-state index is 0.460. The maximum absolute atomic E-state index is 11.5. The predicted molar refractivity (Wildman–Crippen MR) is 73.2 cm³/mol. The number of piperidine rings is 1. The zero-order chi connectivity index (χ0) is 13.8. The minimum Gasteiger partial charge on any atom is -0.480 e. The Labute approximate surface area is 113 Å². The molecule has 0 radical (unpaired) electrons. The predicted octanol–water partition coefficient (Wildman–Crippen LogP) is 2.12. The van der Waals surface area contributed by atoms with Crippen molar-refractivity contribution >= 4 is 11.8 Å². The first-order valence-electron chi connectivity index (χ1n) is 6.96. The summed E-state index contributed by atoms with van der Waals surface area (Å²) in [4.78, 5) is 21.8. The fourth-order valence-electron chi connectivity index (χ4n) is 2.65. The Morgan fingerprint density at radius 3 is 2.89 bits per heavy atom. The van der Waals surface area contributed by atoms with E-state index in [9.17, 15) is 9.90 Å². The van der Waals surface area contributed by atoms with Crippen LogP contribution in [0.5, 0.6) is 0 Å². The van der Waals surface area contributed by atoms with Gasteiger partial charge in [-0.1, -0.05) is 20.3 Å². The van der Waals surface area contributed by atoms with E-state index in [1.165, 1.54) is 6.33 Å². The van der Waals surface area contributed by atoms with Crippen molar-refractivity contribution in [3.05, 3.63) is 18.1 Å². The van der Waals surface area contributed by atoms with E-state index in [2.05, 4.69) is 16.9 Å². The summed E-state index contributed by atoms with van der Waals surface area (Å²) >= 11 is 0. The van der Waals surface area contributed by atoms with Gasteiger partial charge in [-0.3, -0.25) is 0 Å². The fourth-order valence-corrected chi connectivity index (χ4v) is 2.65. The van der Waals surface area contributed by atoms with Gasteiger partial charge in [0.25, 0.3) is 0 Å². The molecule has 19 heavy (non-hydrogen) atoms. The molecule has 2 heterocycles. The highest BCUT2D eigenvalue weighted by molar-refractivity contribution is 5.78. The highest BCUT2D eigenvalue weighted by atomic mass is 16.4. The molecule has 2 rings (SSSR count).